The number of morpholine rings is 1. The fourth-order valence-corrected chi connectivity index (χ4v) is 4.91. The highest BCUT2D eigenvalue weighted by Crippen LogP contribution is 2.23. The first-order chi connectivity index (χ1) is 20.0. The molecular formula is C30H37N7O4. The molecule has 11 nitrogen and oxygen atoms in total. The van der Waals surface area contributed by atoms with Crippen molar-refractivity contribution in [2.75, 3.05) is 61.5 Å². The molecule has 216 valence electrons. The molecule has 2 fully saturated rings. The molecule has 0 spiro atoms. The van der Waals surface area contributed by atoms with Gasteiger partial charge in [-0.3, -0.25) is 4.79 Å². The molecule has 3 heterocycles. The average Bonchev–Trinajstić information content (AvgIpc) is 3.01. The maximum absolute atomic E-state index is 12.7. The van der Waals surface area contributed by atoms with Gasteiger partial charge in [-0.15, -0.1) is 0 Å². The molecule has 2 unspecified atom stereocenters. The molecule has 5 rings (SSSR count). The Morgan fingerprint density at radius 3 is 2.44 bits per heavy atom. The third kappa shape index (κ3) is 7.50. The number of urea groups is 1. The number of benzene rings is 2. The highest BCUT2D eigenvalue weighted by atomic mass is 16.5. The van der Waals surface area contributed by atoms with E-state index >= 15 is 0 Å². The van der Waals surface area contributed by atoms with Crippen molar-refractivity contribution in [2.24, 2.45) is 0 Å². The summed E-state index contributed by atoms with van der Waals surface area (Å²) in [5, 5.41) is 9.66. The second-order valence-corrected chi connectivity index (χ2v) is 10.1. The number of ether oxygens (including phenoxy) is 2. The second kappa shape index (κ2) is 13.4. The van der Waals surface area contributed by atoms with Crippen LogP contribution in [0.4, 0.5) is 27.9 Å². The number of carbonyl (C=O) groups excluding carboxylic acids is 2. The molecule has 0 aliphatic carbocycles. The van der Waals surface area contributed by atoms with E-state index in [2.05, 4.69) is 32.8 Å². The number of hydrogen-bond acceptors (Lipinski definition) is 9. The molecule has 11 heteroatoms. The standard InChI is InChI=1S/C30H37N7O4/c1-3-27(26-20-40-19-14-31-26)41-25-10-8-23(9-11-25)33-29-32-13-12-28(35-29)36-15-17-37(18-16-36)30(39)34-24-6-4-22(5-7-24)21(2)38/h4-13,26-27,31H,3,14-20H2,1-2H3,(H,34,39)(H,32,33,35). The summed E-state index contributed by atoms with van der Waals surface area (Å²) >= 11 is 0. The Labute approximate surface area is 240 Å². The molecule has 0 saturated carbocycles. The van der Waals surface area contributed by atoms with Crippen LogP contribution in [-0.4, -0.2) is 84.8 Å². The summed E-state index contributed by atoms with van der Waals surface area (Å²) in [6.45, 7) is 8.31. The Morgan fingerprint density at radius 1 is 1.05 bits per heavy atom. The number of ketones is 1. The number of amides is 2. The summed E-state index contributed by atoms with van der Waals surface area (Å²) in [7, 11) is 0. The summed E-state index contributed by atoms with van der Waals surface area (Å²) in [4.78, 5) is 37.2. The van der Waals surface area contributed by atoms with Gasteiger partial charge in [-0.25, -0.2) is 9.78 Å². The lowest BCUT2D eigenvalue weighted by Gasteiger charge is -2.35. The van der Waals surface area contributed by atoms with E-state index in [1.54, 1.807) is 35.4 Å². The van der Waals surface area contributed by atoms with Gasteiger partial charge in [0, 0.05) is 55.9 Å². The van der Waals surface area contributed by atoms with Crippen LogP contribution in [0.5, 0.6) is 5.75 Å². The molecule has 2 aliphatic heterocycles. The minimum atomic E-state index is -0.161. The number of rotatable bonds is 9. The average molecular weight is 560 g/mol. The monoisotopic (exact) mass is 559 g/mol. The van der Waals surface area contributed by atoms with E-state index in [1.165, 1.54) is 6.92 Å². The predicted octanol–water partition coefficient (Wildman–Crippen LogP) is 3.92. The van der Waals surface area contributed by atoms with Crippen molar-refractivity contribution in [1.29, 1.82) is 0 Å². The number of piperazine rings is 1. The lowest BCUT2D eigenvalue weighted by Crippen LogP contribution is -2.50. The lowest BCUT2D eigenvalue weighted by molar-refractivity contribution is 0.0267. The van der Waals surface area contributed by atoms with Gasteiger partial charge in [-0.1, -0.05) is 6.92 Å². The third-order valence-corrected chi connectivity index (χ3v) is 7.27. The van der Waals surface area contributed by atoms with E-state index in [0.29, 0.717) is 50.0 Å². The van der Waals surface area contributed by atoms with Crippen LogP contribution in [0.2, 0.25) is 0 Å². The number of Topliss-reactive ketones (excluding diaryl/α,β-unsaturated/α-hetero) is 1. The smallest absolute Gasteiger partial charge is 0.321 e. The van der Waals surface area contributed by atoms with Crippen molar-refractivity contribution in [1.82, 2.24) is 20.2 Å². The van der Waals surface area contributed by atoms with Crippen molar-refractivity contribution in [2.45, 2.75) is 32.4 Å². The first-order valence-electron chi connectivity index (χ1n) is 14.1. The highest BCUT2D eigenvalue weighted by Gasteiger charge is 2.24. The molecule has 3 aromatic rings. The zero-order chi connectivity index (χ0) is 28.6. The van der Waals surface area contributed by atoms with E-state index in [0.717, 1.165) is 36.8 Å². The molecule has 3 N–H and O–H groups in total. The van der Waals surface area contributed by atoms with Gasteiger partial charge in [0.2, 0.25) is 5.95 Å². The second-order valence-electron chi connectivity index (χ2n) is 10.1. The van der Waals surface area contributed by atoms with Crippen molar-refractivity contribution >= 4 is 35.0 Å². The van der Waals surface area contributed by atoms with Crippen LogP contribution in [0, 0.1) is 0 Å². The van der Waals surface area contributed by atoms with Gasteiger partial charge in [0.25, 0.3) is 0 Å². The summed E-state index contributed by atoms with van der Waals surface area (Å²) in [5.74, 6) is 2.10. The first-order valence-corrected chi connectivity index (χ1v) is 14.1. The largest absolute Gasteiger partial charge is 0.489 e. The van der Waals surface area contributed by atoms with Crippen LogP contribution in [0.1, 0.15) is 30.6 Å². The zero-order valence-corrected chi connectivity index (χ0v) is 23.5. The summed E-state index contributed by atoms with van der Waals surface area (Å²) < 4.78 is 11.8. The predicted molar refractivity (Wildman–Crippen MR) is 158 cm³/mol. The normalized spacial score (nSPS) is 18.0. The van der Waals surface area contributed by atoms with Crippen LogP contribution in [0.25, 0.3) is 0 Å². The van der Waals surface area contributed by atoms with Gasteiger partial charge in [0.1, 0.15) is 17.7 Å². The number of nitrogens with one attached hydrogen (secondary N) is 3. The molecule has 1 aromatic heterocycles. The van der Waals surface area contributed by atoms with Crippen LogP contribution in [-0.2, 0) is 4.74 Å². The Morgan fingerprint density at radius 2 is 1.78 bits per heavy atom. The molecule has 2 aliphatic rings. The highest BCUT2D eigenvalue weighted by molar-refractivity contribution is 5.95. The maximum atomic E-state index is 12.7. The van der Waals surface area contributed by atoms with Gasteiger partial charge in [0.15, 0.2) is 5.78 Å². The Bertz CT molecular complexity index is 1310. The summed E-state index contributed by atoms with van der Waals surface area (Å²) in [6.07, 6.45) is 2.66. The maximum Gasteiger partial charge on any atom is 0.321 e. The van der Waals surface area contributed by atoms with Crippen LogP contribution in [0.3, 0.4) is 0 Å². The van der Waals surface area contributed by atoms with Crippen LogP contribution < -0.4 is 25.6 Å². The van der Waals surface area contributed by atoms with E-state index in [9.17, 15) is 9.59 Å². The van der Waals surface area contributed by atoms with E-state index < -0.39 is 0 Å². The summed E-state index contributed by atoms with van der Waals surface area (Å²) in [6, 6.07) is 16.6. The van der Waals surface area contributed by atoms with Gasteiger partial charge in [-0.2, -0.15) is 4.98 Å². The minimum absolute atomic E-state index is 0.00561. The van der Waals surface area contributed by atoms with Crippen molar-refractivity contribution < 1.29 is 19.1 Å². The molecular weight excluding hydrogens is 522 g/mol. The summed E-state index contributed by atoms with van der Waals surface area (Å²) in [5.41, 5.74) is 2.14. The first kappa shape index (κ1) is 28.3. The van der Waals surface area contributed by atoms with E-state index in [4.69, 9.17) is 14.5 Å². The molecule has 0 radical (unpaired) electrons. The Kier molecular flexibility index (Phi) is 9.27. The number of hydrogen-bond donors (Lipinski definition) is 3. The van der Waals surface area contributed by atoms with E-state index in [1.807, 2.05) is 30.3 Å². The van der Waals surface area contributed by atoms with Crippen molar-refractivity contribution in [3.63, 3.8) is 0 Å². The molecule has 2 amide bonds. The fraction of sp³-hybridized carbons (Fsp3) is 0.400. The molecule has 2 saturated heterocycles. The number of anilines is 4. The number of carbonyl (C=O) groups is 2. The van der Waals surface area contributed by atoms with E-state index in [-0.39, 0.29) is 24.0 Å². The van der Waals surface area contributed by atoms with Crippen molar-refractivity contribution in [3.05, 3.63) is 66.4 Å². The minimum Gasteiger partial charge on any atom is -0.489 e. The molecule has 0 bridgehead atoms. The molecule has 41 heavy (non-hydrogen) atoms. The van der Waals surface area contributed by atoms with Gasteiger partial charge < -0.3 is 35.2 Å². The zero-order valence-electron chi connectivity index (χ0n) is 23.5. The SMILES string of the molecule is CCC(Oc1ccc(Nc2nccc(N3CCN(C(=O)Nc4ccc(C(C)=O)cc4)CC3)n2)cc1)C1COCCN1. The van der Waals surface area contributed by atoms with Gasteiger partial charge >= 0.3 is 6.03 Å². The number of nitrogens with zero attached hydrogens (tertiary/aromatic N) is 4. The van der Waals surface area contributed by atoms with Crippen LogP contribution in [0.15, 0.2) is 60.8 Å². The van der Waals surface area contributed by atoms with Gasteiger partial charge in [-0.05, 0) is 67.9 Å². The van der Waals surface area contributed by atoms with Crippen LogP contribution >= 0.6 is 0 Å². The lowest BCUT2D eigenvalue weighted by atomic mass is 10.1. The Hall–Kier alpha value is -4.22. The fourth-order valence-electron chi connectivity index (χ4n) is 4.91. The topological polar surface area (TPSA) is 121 Å². The quantitative estimate of drug-likeness (QED) is 0.335. The molecule has 2 atom stereocenters. The van der Waals surface area contributed by atoms with Gasteiger partial charge in [0.05, 0.1) is 19.3 Å². The molecule has 2 aromatic carbocycles. The Balaban J connectivity index is 1.12. The third-order valence-electron chi connectivity index (χ3n) is 7.27. The number of aromatic nitrogens is 2. The van der Waals surface area contributed by atoms with Crippen molar-refractivity contribution in [3.8, 4) is 5.75 Å².